The summed E-state index contributed by atoms with van der Waals surface area (Å²) in [6, 6.07) is 0. The average Bonchev–Trinajstić information content (AvgIpc) is 2.78. The van der Waals surface area contributed by atoms with Crippen molar-refractivity contribution in [3.63, 3.8) is 0 Å². The highest BCUT2D eigenvalue weighted by Crippen LogP contribution is 2.84. The molecule has 0 aromatic rings. The van der Waals surface area contributed by atoms with Crippen molar-refractivity contribution >= 4 is 0 Å². The molecule has 6 saturated carbocycles. The van der Waals surface area contributed by atoms with Gasteiger partial charge in [0.05, 0.1) is 0 Å². The fourth-order valence-electron chi connectivity index (χ4n) is 7.13. The molecule has 0 radical (unpaired) electrons. The molecule has 6 rings (SSSR count). The summed E-state index contributed by atoms with van der Waals surface area (Å²) in [7, 11) is 0. The van der Waals surface area contributed by atoms with Crippen molar-refractivity contribution in [1.29, 1.82) is 0 Å². The standard InChI is InChI=1S/C12H17N/c13-3-8-11-6-1-4-5-2-7(9(4)11)12(8)10(5)6/h4-12H,1-3,13H2/t4-,5+,6-,7-,8?,9+,10-,11+,12+/m0/s1. The molecule has 0 aliphatic heterocycles. The third-order valence-corrected chi connectivity index (χ3v) is 6.75. The predicted octanol–water partition coefficient (Wildman–Crippen LogP) is 1.34. The second-order valence-electron chi connectivity index (χ2n) is 6.34. The SMILES string of the molecule is NCC1[C@H]2[C@H]3C[C@@H]4[C@@H]5C[C@H]([C@H]1[C@@H]35)[C@H]42. The first-order valence-electron chi connectivity index (χ1n) is 6.12. The van der Waals surface area contributed by atoms with Gasteiger partial charge in [-0.3, -0.25) is 0 Å². The van der Waals surface area contributed by atoms with Gasteiger partial charge in [0.25, 0.3) is 0 Å². The molecule has 6 aliphatic rings. The van der Waals surface area contributed by atoms with E-state index in [0.717, 1.165) is 36.1 Å². The van der Waals surface area contributed by atoms with Crippen LogP contribution in [0.3, 0.4) is 0 Å². The highest BCUT2D eigenvalue weighted by Gasteiger charge is 2.79. The number of hydrogen-bond donors (Lipinski definition) is 1. The molecule has 9 atom stereocenters. The summed E-state index contributed by atoms with van der Waals surface area (Å²) >= 11 is 0. The van der Waals surface area contributed by atoms with Crippen molar-refractivity contribution in [2.75, 3.05) is 6.54 Å². The fourth-order valence-corrected chi connectivity index (χ4v) is 7.13. The van der Waals surface area contributed by atoms with E-state index in [2.05, 4.69) is 0 Å². The van der Waals surface area contributed by atoms with Gasteiger partial charge >= 0.3 is 0 Å². The molecule has 6 aliphatic carbocycles. The summed E-state index contributed by atoms with van der Waals surface area (Å²) in [5.41, 5.74) is 5.97. The highest BCUT2D eigenvalue weighted by molar-refractivity contribution is 5.27. The molecule has 13 heavy (non-hydrogen) atoms. The van der Waals surface area contributed by atoms with Gasteiger partial charge in [0.1, 0.15) is 0 Å². The third kappa shape index (κ3) is 0.407. The molecule has 0 aromatic heterocycles. The van der Waals surface area contributed by atoms with Crippen molar-refractivity contribution in [1.82, 2.24) is 0 Å². The summed E-state index contributed by atoms with van der Waals surface area (Å²) < 4.78 is 0. The molecule has 0 heterocycles. The molecule has 0 spiro atoms. The monoisotopic (exact) mass is 175 g/mol. The molecule has 1 unspecified atom stereocenters. The van der Waals surface area contributed by atoms with E-state index in [9.17, 15) is 0 Å². The molecule has 70 valence electrons. The van der Waals surface area contributed by atoms with Gasteiger partial charge in [0.2, 0.25) is 0 Å². The summed E-state index contributed by atoms with van der Waals surface area (Å²) in [4.78, 5) is 0. The minimum absolute atomic E-state index is 0.975. The first-order valence-corrected chi connectivity index (χ1v) is 6.12. The molecule has 1 heteroatoms. The second-order valence-corrected chi connectivity index (χ2v) is 6.34. The lowest BCUT2D eigenvalue weighted by atomic mass is 9.71. The quantitative estimate of drug-likeness (QED) is 0.639. The van der Waals surface area contributed by atoms with E-state index in [1.165, 1.54) is 23.7 Å². The molecular weight excluding hydrogens is 158 g/mol. The Morgan fingerprint density at radius 2 is 1.31 bits per heavy atom. The van der Waals surface area contributed by atoms with Gasteiger partial charge in [0.15, 0.2) is 0 Å². The van der Waals surface area contributed by atoms with Crippen LogP contribution >= 0.6 is 0 Å². The zero-order valence-electron chi connectivity index (χ0n) is 7.89. The molecule has 6 fully saturated rings. The zero-order chi connectivity index (χ0) is 8.32. The van der Waals surface area contributed by atoms with Gasteiger partial charge in [-0.25, -0.2) is 0 Å². The Morgan fingerprint density at radius 1 is 0.769 bits per heavy atom. The summed E-state index contributed by atoms with van der Waals surface area (Å²) in [6.45, 7) is 1.01. The van der Waals surface area contributed by atoms with E-state index in [-0.39, 0.29) is 0 Å². The molecule has 0 aromatic carbocycles. The van der Waals surface area contributed by atoms with Crippen LogP contribution in [0.2, 0.25) is 0 Å². The topological polar surface area (TPSA) is 26.0 Å². The lowest BCUT2D eigenvalue weighted by Crippen LogP contribution is -2.30. The van der Waals surface area contributed by atoms with Crippen molar-refractivity contribution in [3.8, 4) is 0 Å². The molecule has 1 nitrogen and oxygen atoms in total. The first kappa shape index (κ1) is 6.44. The molecule has 0 amide bonds. The largest absolute Gasteiger partial charge is 0.330 e. The van der Waals surface area contributed by atoms with E-state index in [0.29, 0.717) is 0 Å². The van der Waals surface area contributed by atoms with Crippen LogP contribution in [0.5, 0.6) is 0 Å². The Labute approximate surface area is 79.1 Å². The van der Waals surface area contributed by atoms with E-state index < -0.39 is 0 Å². The normalized spacial score (nSPS) is 79.6. The van der Waals surface area contributed by atoms with Gasteiger partial charge in [-0.15, -0.1) is 0 Å². The Hall–Kier alpha value is -0.0400. The Morgan fingerprint density at radius 3 is 1.77 bits per heavy atom. The highest BCUT2D eigenvalue weighted by atomic mass is 14.9. The van der Waals surface area contributed by atoms with Crippen LogP contribution < -0.4 is 5.73 Å². The van der Waals surface area contributed by atoms with Crippen LogP contribution in [-0.2, 0) is 0 Å². The molecule has 0 saturated heterocycles. The molecule has 2 N–H and O–H groups in total. The van der Waals surface area contributed by atoms with Crippen LogP contribution in [0.1, 0.15) is 12.8 Å². The third-order valence-electron chi connectivity index (χ3n) is 6.75. The van der Waals surface area contributed by atoms with Crippen molar-refractivity contribution < 1.29 is 0 Å². The van der Waals surface area contributed by atoms with Gasteiger partial charge in [-0.2, -0.15) is 0 Å². The zero-order valence-corrected chi connectivity index (χ0v) is 7.89. The first-order chi connectivity index (χ1) is 6.42. The lowest BCUT2D eigenvalue weighted by Gasteiger charge is -2.33. The van der Waals surface area contributed by atoms with Crippen molar-refractivity contribution in [2.45, 2.75) is 12.8 Å². The second kappa shape index (κ2) is 1.60. The maximum atomic E-state index is 5.97. The van der Waals surface area contributed by atoms with Crippen LogP contribution in [0.25, 0.3) is 0 Å². The van der Waals surface area contributed by atoms with E-state index >= 15 is 0 Å². The molecular formula is C12H17N. The van der Waals surface area contributed by atoms with Gasteiger partial charge in [0, 0.05) is 0 Å². The minimum Gasteiger partial charge on any atom is -0.330 e. The maximum Gasteiger partial charge on any atom is -0.00431 e. The Bertz CT molecular complexity index is 271. The number of rotatable bonds is 1. The molecule has 6 bridgehead atoms. The van der Waals surface area contributed by atoms with Crippen LogP contribution in [0, 0.1) is 53.3 Å². The van der Waals surface area contributed by atoms with Crippen LogP contribution in [0.4, 0.5) is 0 Å². The number of nitrogens with two attached hydrogens (primary N) is 1. The van der Waals surface area contributed by atoms with Gasteiger partial charge < -0.3 is 5.73 Å². The lowest BCUT2D eigenvalue weighted by molar-refractivity contribution is 0.132. The van der Waals surface area contributed by atoms with Gasteiger partial charge in [-0.1, -0.05) is 0 Å². The smallest absolute Gasteiger partial charge is 0.00431 e. The minimum atomic E-state index is 0.975. The average molecular weight is 175 g/mol. The van der Waals surface area contributed by atoms with Gasteiger partial charge in [-0.05, 0) is 72.6 Å². The van der Waals surface area contributed by atoms with E-state index in [1.54, 1.807) is 12.8 Å². The Balaban J connectivity index is 1.79. The van der Waals surface area contributed by atoms with Crippen LogP contribution in [0.15, 0.2) is 0 Å². The van der Waals surface area contributed by atoms with Crippen molar-refractivity contribution in [2.24, 2.45) is 59.0 Å². The summed E-state index contributed by atoms with van der Waals surface area (Å²) in [5, 5.41) is 0. The van der Waals surface area contributed by atoms with Crippen molar-refractivity contribution in [3.05, 3.63) is 0 Å². The summed E-state index contributed by atoms with van der Waals surface area (Å²) in [6.07, 6.45) is 3.24. The maximum absolute atomic E-state index is 5.97. The number of hydrogen-bond acceptors (Lipinski definition) is 1. The van der Waals surface area contributed by atoms with E-state index in [4.69, 9.17) is 5.73 Å². The van der Waals surface area contributed by atoms with Crippen LogP contribution in [-0.4, -0.2) is 6.54 Å². The summed E-state index contributed by atoms with van der Waals surface area (Å²) in [5.74, 6) is 10.3. The fraction of sp³-hybridized carbons (Fsp3) is 1.00. The Kier molecular flexibility index (Phi) is 0.793. The predicted molar refractivity (Wildman–Crippen MR) is 49.7 cm³/mol. The van der Waals surface area contributed by atoms with E-state index in [1.807, 2.05) is 0 Å².